The highest BCUT2D eigenvalue weighted by Gasteiger charge is 2.19. The van der Waals surface area contributed by atoms with E-state index in [1.54, 1.807) is 19.3 Å². The Labute approximate surface area is 113 Å². The van der Waals surface area contributed by atoms with Crippen LogP contribution >= 0.6 is 0 Å². The molecule has 2 unspecified atom stereocenters. The van der Waals surface area contributed by atoms with Crippen molar-refractivity contribution in [1.29, 1.82) is 0 Å². The SMILES string of the molecule is CNC(c1ccc(F)c(C)c1)C(C)c1ccncc1. The van der Waals surface area contributed by atoms with Crippen molar-refractivity contribution in [3.63, 3.8) is 0 Å². The van der Waals surface area contributed by atoms with E-state index in [0.717, 1.165) is 5.56 Å². The third-order valence-corrected chi connectivity index (χ3v) is 3.58. The fourth-order valence-corrected chi connectivity index (χ4v) is 2.43. The fraction of sp³-hybridized carbons (Fsp3) is 0.312. The topological polar surface area (TPSA) is 24.9 Å². The van der Waals surface area contributed by atoms with Gasteiger partial charge in [0.25, 0.3) is 0 Å². The summed E-state index contributed by atoms with van der Waals surface area (Å²) < 4.78 is 13.4. The molecular formula is C16H19FN2. The molecule has 0 aliphatic carbocycles. The van der Waals surface area contributed by atoms with Gasteiger partial charge in [-0.15, -0.1) is 0 Å². The van der Waals surface area contributed by atoms with Crippen molar-refractivity contribution >= 4 is 0 Å². The van der Waals surface area contributed by atoms with E-state index in [1.165, 1.54) is 11.6 Å². The van der Waals surface area contributed by atoms with Crippen LogP contribution in [0.25, 0.3) is 0 Å². The lowest BCUT2D eigenvalue weighted by Gasteiger charge is -2.24. The van der Waals surface area contributed by atoms with E-state index in [9.17, 15) is 4.39 Å². The average molecular weight is 258 g/mol. The first-order chi connectivity index (χ1) is 9.13. The Morgan fingerprint density at radius 2 is 1.79 bits per heavy atom. The number of nitrogens with one attached hydrogen (secondary N) is 1. The average Bonchev–Trinajstić information content (AvgIpc) is 2.44. The van der Waals surface area contributed by atoms with Gasteiger partial charge in [0.05, 0.1) is 0 Å². The van der Waals surface area contributed by atoms with Crippen LogP contribution in [0.1, 0.15) is 35.6 Å². The van der Waals surface area contributed by atoms with Crippen LogP contribution in [0.15, 0.2) is 42.7 Å². The van der Waals surface area contributed by atoms with E-state index in [2.05, 4.69) is 17.2 Å². The number of aromatic nitrogens is 1. The zero-order valence-electron chi connectivity index (χ0n) is 11.5. The van der Waals surface area contributed by atoms with Crippen molar-refractivity contribution in [2.24, 2.45) is 0 Å². The van der Waals surface area contributed by atoms with Gasteiger partial charge in [0, 0.05) is 24.4 Å². The summed E-state index contributed by atoms with van der Waals surface area (Å²) in [6.45, 7) is 3.96. The molecule has 100 valence electrons. The van der Waals surface area contributed by atoms with Gasteiger partial charge in [-0.3, -0.25) is 4.98 Å². The predicted molar refractivity (Wildman–Crippen MR) is 75.6 cm³/mol. The van der Waals surface area contributed by atoms with Crippen LogP contribution in [-0.4, -0.2) is 12.0 Å². The zero-order valence-corrected chi connectivity index (χ0v) is 11.5. The lowest BCUT2D eigenvalue weighted by Crippen LogP contribution is -2.22. The van der Waals surface area contributed by atoms with Crippen molar-refractivity contribution in [2.45, 2.75) is 25.8 Å². The molecule has 0 spiro atoms. The predicted octanol–water partition coefficient (Wildman–Crippen LogP) is 3.59. The number of nitrogens with zero attached hydrogens (tertiary/aromatic N) is 1. The van der Waals surface area contributed by atoms with Crippen LogP contribution in [0.3, 0.4) is 0 Å². The molecule has 2 rings (SSSR count). The monoisotopic (exact) mass is 258 g/mol. The lowest BCUT2D eigenvalue weighted by atomic mass is 9.88. The summed E-state index contributed by atoms with van der Waals surface area (Å²) >= 11 is 0. The van der Waals surface area contributed by atoms with Crippen LogP contribution < -0.4 is 5.32 Å². The molecular weight excluding hydrogens is 239 g/mol. The standard InChI is InChI=1S/C16H19FN2/c1-11-10-14(4-5-15(11)17)16(18-3)12(2)13-6-8-19-9-7-13/h4-10,12,16,18H,1-3H3. The summed E-state index contributed by atoms with van der Waals surface area (Å²) in [5.74, 6) is 0.132. The third kappa shape index (κ3) is 2.99. The van der Waals surface area contributed by atoms with Crippen molar-refractivity contribution in [3.05, 3.63) is 65.2 Å². The number of rotatable bonds is 4. The highest BCUT2D eigenvalue weighted by Crippen LogP contribution is 2.30. The molecule has 2 nitrogen and oxygen atoms in total. The Morgan fingerprint density at radius 3 is 2.37 bits per heavy atom. The first-order valence-corrected chi connectivity index (χ1v) is 6.46. The molecule has 0 aliphatic heterocycles. The van der Waals surface area contributed by atoms with Gasteiger partial charge in [-0.25, -0.2) is 4.39 Å². The van der Waals surface area contributed by atoms with Gasteiger partial charge in [0.1, 0.15) is 5.82 Å². The molecule has 0 saturated carbocycles. The summed E-state index contributed by atoms with van der Waals surface area (Å²) in [5.41, 5.74) is 3.00. The Balaban J connectivity index is 2.31. The molecule has 0 bridgehead atoms. The van der Waals surface area contributed by atoms with Gasteiger partial charge in [0.2, 0.25) is 0 Å². The lowest BCUT2D eigenvalue weighted by molar-refractivity contribution is 0.505. The van der Waals surface area contributed by atoms with Crippen LogP contribution in [0.5, 0.6) is 0 Å². The highest BCUT2D eigenvalue weighted by atomic mass is 19.1. The first-order valence-electron chi connectivity index (χ1n) is 6.46. The van der Waals surface area contributed by atoms with Gasteiger partial charge in [-0.05, 0) is 48.9 Å². The molecule has 2 atom stereocenters. The van der Waals surface area contributed by atoms with E-state index in [4.69, 9.17) is 0 Å². The quantitative estimate of drug-likeness (QED) is 0.906. The summed E-state index contributed by atoms with van der Waals surface area (Å²) in [6.07, 6.45) is 3.60. The van der Waals surface area contributed by atoms with Crippen LogP contribution in [-0.2, 0) is 0 Å². The number of likely N-dealkylation sites (N-methyl/N-ethyl adjacent to an activating group) is 1. The maximum atomic E-state index is 13.4. The van der Waals surface area contributed by atoms with Crippen molar-refractivity contribution < 1.29 is 4.39 Å². The summed E-state index contributed by atoms with van der Waals surface area (Å²) in [7, 11) is 1.93. The third-order valence-electron chi connectivity index (χ3n) is 3.58. The van der Waals surface area contributed by atoms with Gasteiger partial charge in [-0.2, -0.15) is 0 Å². The number of benzene rings is 1. The maximum absolute atomic E-state index is 13.4. The molecule has 2 aromatic rings. The number of aryl methyl sites for hydroxylation is 1. The highest BCUT2D eigenvalue weighted by molar-refractivity contribution is 5.30. The molecule has 0 fully saturated rings. The maximum Gasteiger partial charge on any atom is 0.126 e. The molecule has 0 saturated heterocycles. The van der Waals surface area contributed by atoms with Crippen LogP contribution in [0.4, 0.5) is 4.39 Å². The molecule has 19 heavy (non-hydrogen) atoms. The van der Waals surface area contributed by atoms with Gasteiger partial charge in [0.15, 0.2) is 0 Å². The summed E-state index contributed by atoms with van der Waals surface area (Å²) in [4.78, 5) is 4.04. The molecule has 1 N–H and O–H groups in total. The summed E-state index contributed by atoms with van der Waals surface area (Å²) in [6, 6.07) is 9.49. The molecule has 0 aliphatic rings. The summed E-state index contributed by atoms with van der Waals surface area (Å²) in [5, 5.41) is 3.32. The van der Waals surface area contributed by atoms with Crippen LogP contribution in [0.2, 0.25) is 0 Å². The Kier molecular flexibility index (Phi) is 4.27. The molecule has 1 aromatic heterocycles. The first kappa shape index (κ1) is 13.7. The second-order valence-corrected chi connectivity index (χ2v) is 4.84. The number of hydrogen-bond donors (Lipinski definition) is 1. The normalized spacial score (nSPS) is 14.1. The largest absolute Gasteiger partial charge is 0.312 e. The molecule has 1 aromatic carbocycles. The van der Waals surface area contributed by atoms with Gasteiger partial charge in [-0.1, -0.05) is 19.1 Å². The van der Waals surface area contributed by atoms with Crippen LogP contribution in [0, 0.1) is 12.7 Å². The molecule has 1 heterocycles. The van der Waals surface area contributed by atoms with Crippen molar-refractivity contribution in [2.75, 3.05) is 7.05 Å². The molecule has 3 heteroatoms. The van der Waals surface area contributed by atoms with Gasteiger partial charge < -0.3 is 5.32 Å². The van der Waals surface area contributed by atoms with Crippen molar-refractivity contribution in [1.82, 2.24) is 10.3 Å². The minimum atomic E-state index is -0.157. The smallest absolute Gasteiger partial charge is 0.126 e. The van der Waals surface area contributed by atoms with E-state index < -0.39 is 0 Å². The van der Waals surface area contributed by atoms with Crippen molar-refractivity contribution in [3.8, 4) is 0 Å². The second-order valence-electron chi connectivity index (χ2n) is 4.84. The second kappa shape index (κ2) is 5.93. The number of pyridine rings is 1. The Bertz CT molecular complexity index is 540. The van der Waals surface area contributed by atoms with E-state index in [-0.39, 0.29) is 17.8 Å². The zero-order chi connectivity index (χ0) is 13.8. The Hall–Kier alpha value is -1.74. The number of halogens is 1. The van der Waals surface area contributed by atoms with E-state index in [0.29, 0.717) is 5.56 Å². The number of hydrogen-bond acceptors (Lipinski definition) is 2. The molecule has 0 amide bonds. The van der Waals surface area contributed by atoms with E-state index in [1.807, 2.05) is 31.3 Å². The fourth-order valence-electron chi connectivity index (χ4n) is 2.43. The Morgan fingerprint density at radius 1 is 1.11 bits per heavy atom. The van der Waals surface area contributed by atoms with Gasteiger partial charge >= 0.3 is 0 Å². The minimum absolute atomic E-state index is 0.154. The molecule has 0 radical (unpaired) electrons. The van der Waals surface area contributed by atoms with E-state index >= 15 is 0 Å². The minimum Gasteiger partial charge on any atom is -0.312 e.